The number of hydrogen-bond donors (Lipinski definition) is 1. The maximum absolute atomic E-state index is 14.2. The minimum absolute atomic E-state index is 0.0161. The molecule has 0 saturated heterocycles. The maximum atomic E-state index is 14.2. The van der Waals surface area contributed by atoms with Crippen molar-refractivity contribution in [2.75, 3.05) is 18.6 Å². The van der Waals surface area contributed by atoms with E-state index in [0.29, 0.717) is 10.2 Å². The molecule has 5 nitrogen and oxygen atoms in total. The van der Waals surface area contributed by atoms with E-state index in [1.54, 1.807) is 0 Å². The summed E-state index contributed by atoms with van der Waals surface area (Å²) in [7, 11) is 1.41. The Morgan fingerprint density at radius 2 is 2.10 bits per heavy atom. The lowest BCUT2D eigenvalue weighted by molar-refractivity contribution is -0.131. The highest BCUT2D eigenvalue weighted by molar-refractivity contribution is 9.11. The molecular weight excluding hydrogens is 413 g/mol. The maximum Gasteiger partial charge on any atom is 0.328 e. The first-order chi connectivity index (χ1) is 9.79. The molecule has 1 rings (SSSR count). The van der Waals surface area contributed by atoms with E-state index >= 15 is 0 Å². The predicted molar refractivity (Wildman–Crippen MR) is 83.2 cm³/mol. The summed E-state index contributed by atoms with van der Waals surface area (Å²) in [6.45, 7) is 1.18. The first-order valence-electron chi connectivity index (χ1n) is 5.68. The summed E-state index contributed by atoms with van der Waals surface area (Å²) in [5.74, 6) is -1.89. The summed E-state index contributed by atoms with van der Waals surface area (Å²) < 4.78 is 20.0. The van der Waals surface area contributed by atoms with Gasteiger partial charge in [-0.15, -0.1) is 0 Å². The van der Waals surface area contributed by atoms with Crippen molar-refractivity contribution in [3.63, 3.8) is 0 Å². The minimum Gasteiger partial charge on any atom is -0.494 e. The van der Waals surface area contributed by atoms with E-state index in [1.807, 2.05) is 0 Å². The van der Waals surface area contributed by atoms with E-state index in [1.165, 1.54) is 26.2 Å². The Hall–Kier alpha value is -1.41. The molecule has 0 bridgehead atoms. The summed E-state index contributed by atoms with van der Waals surface area (Å²) in [4.78, 5) is 23.3. The largest absolute Gasteiger partial charge is 0.494 e. The number of benzene rings is 1. The van der Waals surface area contributed by atoms with E-state index in [-0.39, 0.29) is 16.7 Å². The molecule has 114 valence electrons. The second-order valence-corrected chi connectivity index (χ2v) is 5.55. The van der Waals surface area contributed by atoms with Crippen LogP contribution >= 0.6 is 31.9 Å². The fraction of sp³-hybridized carbons (Fsp3) is 0.231. The Bertz CT molecular complexity index is 604. The number of carboxylic acids is 1. The number of amides is 1. The lowest BCUT2D eigenvalue weighted by Gasteiger charge is -2.23. The standard InChI is InChI=1S/C13H12Br2FNO4/c1-7(18)17(5-3-4-10(19)20)12-9(16)6-8(14)13(21-2)11(12)15/h3-4,6H,5H2,1-2H3,(H,19,20)/b4-3+. The number of carbonyl (C=O) groups is 2. The van der Waals surface area contributed by atoms with Gasteiger partial charge in [-0.25, -0.2) is 9.18 Å². The lowest BCUT2D eigenvalue weighted by Crippen LogP contribution is -2.30. The van der Waals surface area contributed by atoms with Crippen LogP contribution in [0.1, 0.15) is 6.92 Å². The molecule has 0 aliphatic carbocycles. The van der Waals surface area contributed by atoms with Crippen LogP contribution < -0.4 is 9.64 Å². The summed E-state index contributed by atoms with van der Waals surface area (Å²) in [6, 6.07) is 1.18. The Labute approximate surface area is 137 Å². The first kappa shape index (κ1) is 17.6. The quantitative estimate of drug-likeness (QED) is 0.736. The third kappa shape index (κ3) is 4.28. The van der Waals surface area contributed by atoms with E-state index in [9.17, 15) is 14.0 Å². The van der Waals surface area contributed by atoms with Crippen molar-refractivity contribution in [2.24, 2.45) is 0 Å². The zero-order valence-corrected chi connectivity index (χ0v) is 14.4. The molecule has 1 aromatic rings. The van der Waals surface area contributed by atoms with E-state index in [4.69, 9.17) is 9.84 Å². The molecule has 1 amide bonds. The molecule has 1 N–H and O–H groups in total. The lowest BCUT2D eigenvalue weighted by atomic mass is 10.2. The van der Waals surface area contributed by atoms with E-state index in [2.05, 4.69) is 31.9 Å². The molecule has 0 fully saturated rings. The molecule has 0 heterocycles. The molecule has 0 radical (unpaired) electrons. The normalized spacial score (nSPS) is 10.7. The van der Waals surface area contributed by atoms with Crippen molar-refractivity contribution in [1.29, 1.82) is 0 Å². The van der Waals surface area contributed by atoms with Gasteiger partial charge in [-0.05, 0) is 37.9 Å². The van der Waals surface area contributed by atoms with Gasteiger partial charge >= 0.3 is 5.97 Å². The molecular formula is C13H12Br2FNO4. The summed E-state index contributed by atoms with van der Waals surface area (Å²) >= 11 is 6.36. The van der Waals surface area contributed by atoms with Gasteiger partial charge in [-0.1, -0.05) is 6.08 Å². The molecule has 21 heavy (non-hydrogen) atoms. The van der Waals surface area contributed by atoms with Gasteiger partial charge in [0.25, 0.3) is 0 Å². The van der Waals surface area contributed by atoms with Gasteiger partial charge < -0.3 is 14.7 Å². The van der Waals surface area contributed by atoms with Gasteiger partial charge in [0.05, 0.1) is 21.7 Å². The molecule has 0 saturated carbocycles. The van der Waals surface area contributed by atoms with Crippen LogP contribution in [0.2, 0.25) is 0 Å². The molecule has 0 aliphatic heterocycles. The number of ether oxygens (including phenoxy) is 1. The fourth-order valence-electron chi connectivity index (χ4n) is 1.63. The number of methoxy groups -OCH3 is 1. The highest BCUT2D eigenvalue weighted by atomic mass is 79.9. The van der Waals surface area contributed by atoms with Crippen LogP contribution in [0, 0.1) is 5.82 Å². The fourth-order valence-corrected chi connectivity index (χ4v) is 3.24. The highest BCUT2D eigenvalue weighted by Crippen LogP contribution is 2.42. The van der Waals surface area contributed by atoms with Crippen molar-refractivity contribution in [1.82, 2.24) is 0 Å². The third-order valence-corrected chi connectivity index (χ3v) is 3.83. The predicted octanol–water partition coefficient (Wildman–Crippen LogP) is 3.35. The number of nitrogens with zero attached hydrogens (tertiary/aromatic N) is 1. The molecule has 1 aromatic carbocycles. The molecule has 0 unspecified atom stereocenters. The number of anilines is 1. The number of halogens is 3. The SMILES string of the molecule is COc1c(Br)cc(F)c(N(C/C=C/C(=O)O)C(C)=O)c1Br. The van der Waals surface area contributed by atoms with Crippen LogP contribution in [0.4, 0.5) is 10.1 Å². The number of carbonyl (C=O) groups excluding carboxylic acids is 1. The number of rotatable bonds is 5. The Morgan fingerprint density at radius 1 is 1.48 bits per heavy atom. The molecule has 0 aromatic heterocycles. The van der Waals surface area contributed by atoms with Crippen LogP contribution in [0.25, 0.3) is 0 Å². The number of aliphatic carboxylic acids is 1. The molecule has 0 atom stereocenters. The van der Waals surface area contributed by atoms with Gasteiger partial charge in [0.1, 0.15) is 11.6 Å². The highest BCUT2D eigenvalue weighted by Gasteiger charge is 2.23. The summed E-state index contributed by atoms with van der Waals surface area (Å²) in [5, 5.41) is 8.56. The molecule has 0 spiro atoms. The first-order valence-corrected chi connectivity index (χ1v) is 7.27. The van der Waals surface area contributed by atoms with Gasteiger partial charge in [0.2, 0.25) is 5.91 Å². The van der Waals surface area contributed by atoms with Gasteiger partial charge in [0, 0.05) is 19.5 Å². The van der Waals surface area contributed by atoms with Crippen LogP contribution in [-0.2, 0) is 9.59 Å². The zero-order chi connectivity index (χ0) is 16.2. The van der Waals surface area contributed by atoms with Gasteiger partial charge in [-0.3, -0.25) is 4.79 Å². The van der Waals surface area contributed by atoms with Crippen molar-refractivity contribution in [2.45, 2.75) is 6.92 Å². The second kappa shape index (κ2) is 7.56. The Morgan fingerprint density at radius 3 is 2.57 bits per heavy atom. The summed E-state index contributed by atoms with van der Waals surface area (Å²) in [5.41, 5.74) is -0.0161. The van der Waals surface area contributed by atoms with E-state index in [0.717, 1.165) is 11.0 Å². The topological polar surface area (TPSA) is 66.8 Å². The van der Waals surface area contributed by atoms with Crippen LogP contribution in [0.3, 0.4) is 0 Å². The summed E-state index contributed by atoms with van der Waals surface area (Å²) in [6.07, 6.45) is 2.14. The van der Waals surface area contributed by atoms with Crippen LogP contribution in [-0.4, -0.2) is 30.6 Å². The van der Waals surface area contributed by atoms with Crippen LogP contribution in [0.15, 0.2) is 27.2 Å². The average Bonchev–Trinajstić information content (AvgIpc) is 2.36. The monoisotopic (exact) mass is 423 g/mol. The third-order valence-electron chi connectivity index (χ3n) is 2.51. The van der Waals surface area contributed by atoms with Crippen molar-refractivity contribution in [3.05, 3.63) is 33.0 Å². The van der Waals surface area contributed by atoms with Crippen molar-refractivity contribution >= 4 is 49.4 Å². The average molecular weight is 425 g/mol. The van der Waals surface area contributed by atoms with Crippen LogP contribution in [0.5, 0.6) is 5.75 Å². The molecule has 8 heteroatoms. The Balaban J connectivity index is 3.32. The smallest absolute Gasteiger partial charge is 0.328 e. The van der Waals surface area contributed by atoms with Gasteiger partial charge in [0.15, 0.2) is 0 Å². The Kier molecular flexibility index (Phi) is 6.35. The van der Waals surface area contributed by atoms with E-state index < -0.39 is 17.7 Å². The number of carboxylic acid groups (broad SMARTS) is 1. The van der Waals surface area contributed by atoms with Crippen molar-refractivity contribution < 1.29 is 23.8 Å². The minimum atomic E-state index is -1.15. The van der Waals surface area contributed by atoms with Crippen molar-refractivity contribution in [3.8, 4) is 5.75 Å². The second-order valence-electron chi connectivity index (χ2n) is 3.91. The zero-order valence-electron chi connectivity index (χ0n) is 11.2. The number of hydrogen-bond acceptors (Lipinski definition) is 3. The molecule has 0 aliphatic rings. The van der Waals surface area contributed by atoms with Gasteiger partial charge in [-0.2, -0.15) is 0 Å².